The number of hydrogen-bond acceptors (Lipinski definition) is 5. The Labute approximate surface area is 134 Å². The van der Waals surface area contributed by atoms with Crippen LogP contribution in [0.5, 0.6) is 5.75 Å². The average molecular weight is 363 g/mol. The monoisotopic (exact) mass is 362 g/mol. The molecule has 1 aromatic rings. The van der Waals surface area contributed by atoms with Gasteiger partial charge in [-0.25, -0.2) is 0 Å². The van der Waals surface area contributed by atoms with Crippen LogP contribution in [0.2, 0.25) is 0 Å². The Morgan fingerprint density at radius 1 is 1.24 bits per heavy atom. The normalized spacial score (nSPS) is 14.0. The van der Waals surface area contributed by atoms with Crippen LogP contribution in [-0.4, -0.2) is 49.4 Å². The summed E-state index contributed by atoms with van der Waals surface area (Å²) in [5, 5.41) is 19.2. The van der Waals surface area contributed by atoms with Crippen LogP contribution in [0.25, 0.3) is 0 Å². The van der Waals surface area contributed by atoms with E-state index in [4.69, 9.17) is 14.2 Å². The molecule has 2 atom stereocenters. The number of halogens is 1. The Hall–Kier alpha value is -0.660. The van der Waals surface area contributed by atoms with Gasteiger partial charge in [-0.2, -0.15) is 0 Å². The maximum Gasteiger partial charge on any atom is 0.127 e. The first-order chi connectivity index (χ1) is 9.97. The highest BCUT2D eigenvalue weighted by molar-refractivity contribution is 9.10. The molecular weight excluding hydrogens is 340 g/mol. The number of ether oxygens (including phenoxy) is 3. The highest BCUT2D eigenvalue weighted by Crippen LogP contribution is 2.28. The molecule has 120 valence electrons. The third-order valence-electron chi connectivity index (χ3n) is 2.88. The molecule has 0 aliphatic heterocycles. The number of aryl methyl sites for hydroxylation is 1. The summed E-state index contributed by atoms with van der Waals surface area (Å²) < 4.78 is 16.9. The third-order valence-corrected chi connectivity index (χ3v) is 3.34. The van der Waals surface area contributed by atoms with Gasteiger partial charge in [-0.3, -0.25) is 0 Å². The second kappa shape index (κ2) is 9.38. The minimum atomic E-state index is -0.737. The van der Waals surface area contributed by atoms with E-state index in [1.165, 1.54) is 0 Å². The van der Waals surface area contributed by atoms with E-state index in [1.54, 1.807) is 13.2 Å². The molecule has 0 aliphatic rings. The van der Waals surface area contributed by atoms with Crippen LogP contribution in [0.4, 0.5) is 0 Å². The Kier molecular flexibility index (Phi) is 8.21. The van der Waals surface area contributed by atoms with Gasteiger partial charge in [0, 0.05) is 17.1 Å². The number of benzene rings is 1. The molecule has 0 saturated heterocycles. The lowest BCUT2D eigenvalue weighted by molar-refractivity contribution is -0.0424. The molecule has 0 radical (unpaired) electrons. The summed E-state index contributed by atoms with van der Waals surface area (Å²) in [5.41, 5.74) is 1.58. The van der Waals surface area contributed by atoms with E-state index in [-0.39, 0.29) is 25.9 Å². The smallest absolute Gasteiger partial charge is 0.127 e. The van der Waals surface area contributed by atoms with Crippen molar-refractivity contribution in [2.45, 2.75) is 32.7 Å². The van der Waals surface area contributed by atoms with E-state index in [2.05, 4.69) is 15.9 Å². The Balaban J connectivity index is 2.51. The van der Waals surface area contributed by atoms with Gasteiger partial charge in [0.15, 0.2) is 0 Å². The zero-order chi connectivity index (χ0) is 15.8. The largest absolute Gasteiger partial charge is 0.490 e. The van der Waals surface area contributed by atoms with E-state index >= 15 is 0 Å². The van der Waals surface area contributed by atoms with Gasteiger partial charge in [0.2, 0.25) is 0 Å². The van der Waals surface area contributed by atoms with Crippen LogP contribution in [-0.2, 0) is 16.1 Å². The topological polar surface area (TPSA) is 68.2 Å². The Morgan fingerprint density at radius 2 is 1.95 bits per heavy atom. The summed E-state index contributed by atoms with van der Waals surface area (Å²) in [4.78, 5) is 0. The minimum absolute atomic E-state index is 0.0768. The number of hydrogen-bond donors (Lipinski definition) is 2. The van der Waals surface area contributed by atoms with Crippen molar-refractivity contribution in [3.8, 4) is 5.75 Å². The molecule has 0 saturated carbocycles. The van der Waals surface area contributed by atoms with E-state index in [0.29, 0.717) is 17.9 Å². The number of rotatable bonds is 9. The molecule has 0 amide bonds. The van der Waals surface area contributed by atoms with Crippen LogP contribution >= 0.6 is 15.9 Å². The molecule has 0 aromatic heterocycles. The van der Waals surface area contributed by atoms with Crippen LogP contribution in [0.3, 0.4) is 0 Å². The standard InChI is InChI=1S/C15H23BrO5/c1-10-4-13(16)5-12(6-17)15(10)21-9-14(18)8-20-11(2)7-19-3/h4-5,11,14,17-18H,6-9H2,1-3H3. The van der Waals surface area contributed by atoms with Crippen molar-refractivity contribution in [3.63, 3.8) is 0 Å². The van der Waals surface area contributed by atoms with Crippen LogP contribution in [0.15, 0.2) is 16.6 Å². The molecule has 6 heteroatoms. The van der Waals surface area contributed by atoms with Gasteiger partial charge in [0.1, 0.15) is 18.5 Å². The SMILES string of the molecule is COCC(C)OCC(O)COc1c(C)cc(Br)cc1CO. The minimum Gasteiger partial charge on any atom is -0.490 e. The molecule has 0 aliphatic carbocycles. The highest BCUT2D eigenvalue weighted by Gasteiger charge is 2.13. The van der Waals surface area contributed by atoms with E-state index in [0.717, 1.165) is 10.0 Å². The second-order valence-electron chi connectivity index (χ2n) is 4.93. The molecule has 21 heavy (non-hydrogen) atoms. The maximum atomic E-state index is 9.87. The van der Waals surface area contributed by atoms with Gasteiger partial charge in [-0.1, -0.05) is 15.9 Å². The summed E-state index contributed by atoms with van der Waals surface area (Å²) in [7, 11) is 1.60. The number of aliphatic hydroxyl groups is 2. The predicted molar refractivity (Wildman–Crippen MR) is 83.6 cm³/mol. The van der Waals surface area contributed by atoms with Crippen molar-refractivity contribution in [2.24, 2.45) is 0 Å². The van der Waals surface area contributed by atoms with E-state index in [9.17, 15) is 10.2 Å². The molecular formula is C15H23BrO5. The lowest BCUT2D eigenvalue weighted by Crippen LogP contribution is -2.27. The predicted octanol–water partition coefficient (Wildman–Crippen LogP) is 2.04. The van der Waals surface area contributed by atoms with Crippen molar-refractivity contribution >= 4 is 15.9 Å². The molecule has 2 N–H and O–H groups in total. The molecule has 2 unspecified atom stereocenters. The van der Waals surface area contributed by atoms with Crippen molar-refractivity contribution in [1.82, 2.24) is 0 Å². The fourth-order valence-corrected chi connectivity index (χ4v) is 2.53. The maximum absolute atomic E-state index is 9.87. The van der Waals surface area contributed by atoms with Gasteiger partial charge < -0.3 is 24.4 Å². The van der Waals surface area contributed by atoms with Gasteiger partial charge in [-0.05, 0) is 31.5 Å². The van der Waals surface area contributed by atoms with Gasteiger partial charge in [0.25, 0.3) is 0 Å². The first-order valence-corrected chi connectivity index (χ1v) is 7.58. The Morgan fingerprint density at radius 3 is 2.57 bits per heavy atom. The van der Waals surface area contributed by atoms with Gasteiger partial charge in [-0.15, -0.1) is 0 Å². The van der Waals surface area contributed by atoms with Gasteiger partial charge in [0.05, 0.1) is 25.9 Å². The molecule has 0 fully saturated rings. The van der Waals surface area contributed by atoms with Crippen molar-refractivity contribution < 1.29 is 24.4 Å². The van der Waals surface area contributed by atoms with Crippen LogP contribution < -0.4 is 4.74 Å². The summed E-state index contributed by atoms with van der Waals surface area (Å²) in [6.45, 7) is 4.41. The molecule has 0 spiro atoms. The summed E-state index contributed by atoms with van der Waals surface area (Å²) >= 11 is 3.38. The summed E-state index contributed by atoms with van der Waals surface area (Å²) in [6, 6.07) is 3.70. The van der Waals surface area contributed by atoms with Crippen molar-refractivity contribution in [1.29, 1.82) is 0 Å². The first kappa shape index (κ1) is 18.4. The molecule has 0 bridgehead atoms. The lowest BCUT2D eigenvalue weighted by atomic mass is 10.1. The molecule has 5 nitrogen and oxygen atoms in total. The van der Waals surface area contributed by atoms with E-state index < -0.39 is 6.10 Å². The quantitative estimate of drug-likeness (QED) is 0.703. The second-order valence-corrected chi connectivity index (χ2v) is 5.85. The fourth-order valence-electron chi connectivity index (χ4n) is 1.91. The average Bonchev–Trinajstić information content (AvgIpc) is 2.43. The first-order valence-electron chi connectivity index (χ1n) is 6.79. The third kappa shape index (κ3) is 6.32. The number of aliphatic hydroxyl groups excluding tert-OH is 2. The highest BCUT2D eigenvalue weighted by atomic mass is 79.9. The van der Waals surface area contributed by atoms with E-state index in [1.807, 2.05) is 19.9 Å². The summed E-state index contributed by atoms with van der Waals surface area (Å²) in [6.07, 6.45) is -0.814. The lowest BCUT2D eigenvalue weighted by Gasteiger charge is -2.18. The van der Waals surface area contributed by atoms with Crippen LogP contribution in [0, 0.1) is 6.92 Å². The fraction of sp³-hybridized carbons (Fsp3) is 0.600. The zero-order valence-electron chi connectivity index (χ0n) is 12.6. The van der Waals surface area contributed by atoms with Crippen molar-refractivity contribution in [2.75, 3.05) is 26.9 Å². The van der Waals surface area contributed by atoms with Gasteiger partial charge >= 0.3 is 0 Å². The van der Waals surface area contributed by atoms with Crippen LogP contribution in [0.1, 0.15) is 18.1 Å². The number of methoxy groups -OCH3 is 1. The molecule has 0 heterocycles. The Bertz CT molecular complexity index is 438. The molecule has 1 rings (SSSR count). The zero-order valence-corrected chi connectivity index (χ0v) is 14.2. The summed E-state index contributed by atoms with van der Waals surface area (Å²) in [5.74, 6) is 0.602. The molecule has 1 aromatic carbocycles. The van der Waals surface area contributed by atoms with Crippen molar-refractivity contribution in [3.05, 3.63) is 27.7 Å².